The van der Waals surface area contributed by atoms with Gasteiger partial charge in [0.15, 0.2) is 0 Å². The Morgan fingerprint density at radius 3 is 2.88 bits per heavy atom. The number of piperidine rings is 1. The van der Waals surface area contributed by atoms with Crippen LogP contribution in [0.2, 0.25) is 5.02 Å². The van der Waals surface area contributed by atoms with Gasteiger partial charge in [-0.05, 0) is 51.4 Å². The van der Waals surface area contributed by atoms with Gasteiger partial charge in [-0.2, -0.15) is 5.10 Å². The first-order chi connectivity index (χ1) is 7.65. The second-order valence-corrected chi connectivity index (χ2v) is 4.89. The standard InChI is InChI=1S/C11H16ClN3O/c1-15-4-2-8(3-5-15)6-9-7-10(12)11(16)14-13-9/h7-8H,2-6H2,1H3,(H,14,16). The Kier molecular flexibility index (Phi) is 3.61. The Bertz CT molecular complexity index is 410. The molecule has 0 aliphatic carbocycles. The lowest BCUT2D eigenvalue weighted by Crippen LogP contribution is -2.31. The van der Waals surface area contributed by atoms with Crippen molar-refractivity contribution in [2.45, 2.75) is 19.3 Å². The van der Waals surface area contributed by atoms with Crippen LogP contribution in [0.3, 0.4) is 0 Å². The quantitative estimate of drug-likeness (QED) is 0.849. The minimum atomic E-state index is -0.311. The third-order valence-corrected chi connectivity index (χ3v) is 3.43. The van der Waals surface area contributed by atoms with Crippen molar-refractivity contribution in [2.24, 2.45) is 5.92 Å². The third kappa shape index (κ3) is 2.83. The van der Waals surface area contributed by atoms with Gasteiger partial charge in [0.05, 0.1) is 5.69 Å². The van der Waals surface area contributed by atoms with Crippen LogP contribution in [-0.2, 0) is 6.42 Å². The maximum Gasteiger partial charge on any atom is 0.282 e. The van der Waals surface area contributed by atoms with Crippen molar-refractivity contribution >= 4 is 11.6 Å². The highest BCUT2D eigenvalue weighted by Gasteiger charge is 2.17. The molecule has 1 aliphatic rings. The number of likely N-dealkylation sites (tertiary alicyclic amines) is 1. The predicted molar refractivity (Wildman–Crippen MR) is 63.8 cm³/mol. The molecule has 16 heavy (non-hydrogen) atoms. The summed E-state index contributed by atoms with van der Waals surface area (Å²) < 4.78 is 0. The fourth-order valence-corrected chi connectivity index (χ4v) is 2.25. The number of aromatic amines is 1. The third-order valence-electron chi connectivity index (χ3n) is 3.15. The normalized spacial score (nSPS) is 18.9. The topological polar surface area (TPSA) is 49.0 Å². The molecule has 0 aromatic carbocycles. The summed E-state index contributed by atoms with van der Waals surface area (Å²) in [6.45, 7) is 2.28. The molecule has 0 unspecified atom stereocenters. The van der Waals surface area contributed by atoms with Crippen molar-refractivity contribution in [2.75, 3.05) is 20.1 Å². The predicted octanol–water partition coefficient (Wildman–Crippen LogP) is 1.31. The van der Waals surface area contributed by atoms with Gasteiger partial charge in [-0.1, -0.05) is 11.6 Å². The van der Waals surface area contributed by atoms with E-state index in [-0.39, 0.29) is 10.6 Å². The van der Waals surface area contributed by atoms with E-state index in [1.165, 1.54) is 12.8 Å². The average molecular weight is 242 g/mol. The summed E-state index contributed by atoms with van der Waals surface area (Å²) in [7, 11) is 2.14. The fraction of sp³-hybridized carbons (Fsp3) is 0.636. The Labute approximate surface area is 99.6 Å². The van der Waals surface area contributed by atoms with Crippen LogP contribution >= 0.6 is 11.6 Å². The van der Waals surface area contributed by atoms with E-state index in [1.807, 2.05) is 0 Å². The van der Waals surface area contributed by atoms with Gasteiger partial charge in [-0.25, -0.2) is 5.10 Å². The summed E-state index contributed by atoms with van der Waals surface area (Å²) in [5.41, 5.74) is 0.577. The van der Waals surface area contributed by atoms with Crippen LogP contribution in [0, 0.1) is 5.92 Å². The van der Waals surface area contributed by atoms with E-state index in [9.17, 15) is 4.79 Å². The first-order valence-electron chi connectivity index (χ1n) is 5.58. The highest BCUT2D eigenvalue weighted by atomic mass is 35.5. The molecule has 0 saturated carbocycles. The van der Waals surface area contributed by atoms with Gasteiger partial charge in [0, 0.05) is 0 Å². The van der Waals surface area contributed by atoms with Crippen molar-refractivity contribution < 1.29 is 0 Å². The molecule has 1 N–H and O–H groups in total. The maximum absolute atomic E-state index is 11.0. The van der Waals surface area contributed by atoms with Crippen LogP contribution in [0.4, 0.5) is 0 Å². The number of nitrogens with zero attached hydrogens (tertiary/aromatic N) is 2. The average Bonchev–Trinajstić information content (AvgIpc) is 2.27. The van der Waals surface area contributed by atoms with Crippen molar-refractivity contribution in [1.29, 1.82) is 0 Å². The molecule has 0 radical (unpaired) electrons. The fourth-order valence-electron chi connectivity index (χ4n) is 2.09. The van der Waals surface area contributed by atoms with E-state index in [4.69, 9.17) is 11.6 Å². The Balaban J connectivity index is 1.98. The van der Waals surface area contributed by atoms with Crippen LogP contribution in [0.1, 0.15) is 18.5 Å². The van der Waals surface area contributed by atoms with Gasteiger partial charge in [0.25, 0.3) is 5.56 Å². The molecule has 0 atom stereocenters. The van der Waals surface area contributed by atoms with Crippen molar-refractivity contribution in [1.82, 2.24) is 15.1 Å². The van der Waals surface area contributed by atoms with E-state index in [0.717, 1.165) is 25.2 Å². The van der Waals surface area contributed by atoms with Gasteiger partial charge >= 0.3 is 0 Å². The van der Waals surface area contributed by atoms with Crippen molar-refractivity contribution in [3.63, 3.8) is 0 Å². The zero-order chi connectivity index (χ0) is 11.5. The number of hydrogen-bond donors (Lipinski definition) is 1. The minimum absolute atomic E-state index is 0.234. The summed E-state index contributed by atoms with van der Waals surface area (Å²) in [5, 5.41) is 6.67. The first kappa shape index (κ1) is 11.6. The minimum Gasteiger partial charge on any atom is -0.306 e. The molecule has 0 bridgehead atoms. The second kappa shape index (κ2) is 4.97. The monoisotopic (exact) mass is 241 g/mol. The molecule has 2 heterocycles. The molecule has 4 nitrogen and oxygen atoms in total. The molecule has 1 aromatic heterocycles. The molecular weight excluding hydrogens is 226 g/mol. The molecule has 1 saturated heterocycles. The molecule has 0 spiro atoms. The lowest BCUT2D eigenvalue weighted by Gasteiger charge is -2.28. The maximum atomic E-state index is 11.0. The van der Waals surface area contributed by atoms with Crippen LogP contribution in [-0.4, -0.2) is 35.2 Å². The lowest BCUT2D eigenvalue weighted by atomic mass is 9.92. The van der Waals surface area contributed by atoms with E-state index < -0.39 is 0 Å². The van der Waals surface area contributed by atoms with E-state index in [1.54, 1.807) is 6.07 Å². The van der Waals surface area contributed by atoms with Gasteiger partial charge in [-0.15, -0.1) is 0 Å². The van der Waals surface area contributed by atoms with E-state index in [2.05, 4.69) is 22.1 Å². The number of rotatable bonds is 2. The molecule has 5 heteroatoms. The molecule has 1 aliphatic heterocycles. The second-order valence-electron chi connectivity index (χ2n) is 4.49. The van der Waals surface area contributed by atoms with Crippen LogP contribution in [0.5, 0.6) is 0 Å². The number of aromatic nitrogens is 2. The van der Waals surface area contributed by atoms with Crippen LogP contribution < -0.4 is 5.56 Å². The molecule has 1 aromatic rings. The summed E-state index contributed by atoms with van der Waals surface area (Å²) in [4.78, 5) is 13.4. The molecule has 2 rings (SSSR count). The Morgan fingerprint density at radius 1 is 1.56 bits per heavy atom. The Morgan fingerprint density at radius 2 is 2.25 bits per heavy atom. The number of hydrogen-bond acceptors (Lipinski definition) is 3. The highest BCUT2D eigenvalue weighted by molar-refractivity contribution is 6.30. The smallest absolute Gasteiger partial charge is 0.282 e. The van der Waals surface area contributed by atoms with Gasteiger partial charge in [-0.3, -0.25) is 4.79 Å². The zero-order valence-corrected chi connectivity index (χ0v) is 10.1. The summed E-state index contributed by atoms with van der Waals surface area (Å²) in [5.74, 6) is 0.658. The van der Waals surface area contributed by atoms with Crippen LogP contribution in [0.25, 0.3) is 0 Å². The Hall–Kier alpha value is -0.870. The molecular formula is C11H16ClN3O. The molecule has 88 valence electrons. The SMILES string of the molecule is CN1CCC(Cc2cc(Cl)c(=O)[nH]n2)CC1. The lowest BCUT2D eigenvalue weighted by molar-refractivity contribution is 0.218. The van der Waals surface area contributed by atoms with E-state index in [0.29, 0.717) is 5.92 Å². The number of H-pyrrole nitrogens is 1. The van der Waals surface area contributed by atoms with E-state index >= 15 is 0 Å². The highest BCUT2D eigenvalue weighted by Crippen LogP contribution is 2.20. The number of halogens is 1. The molecule has 1 fully saturated rings. The van der Waals surface area contributed by atoms with Crippen molar-refractivity contribution in [3.8, 4) is 0 Å². The van der Waals surface area contributed by atoms with Gasteiger partial charge in [0.1, 0.15) is 5.02 Å². The van der Waals surface area contributed by atoms with Gasteiger partial charge in [0.2, 0.25) is 0 Å². The zero-order valence-electron chi connectivity index (χ0n) is 9.37. The number of nitrogens with one attached hydrogen (secondary N) is 1. The van der Waals surface area contributed by atoms with Crippen LogP contribution in [0.15, 0.2) is 10.9 Å². The summed E-state index contributed by atoms with van der Waals surface area (Å²) in [6.07, 6.45) is 3.29. The largest absolute Gasteiger partial charge is 0.306 e. The summed E-state index contributed by atoms with van der Waals surface area (Å²) in [6, 6.07) is 1.68. The van der Waals surface area contributed by atoms with Gasteiger partial charge < -0.3 is 4.90 Å². The van der Waals surface area contributed by atoms with Crippen molar-refractivity contribution in [3.05, 3.63) is 27.1 Å². The summed E-state index contributed by atoms with van der Waals surface area (Å²) >= 11 is 5.76. The molecule has 0 amide bonds. The first-order valence-corrected chi connectivity index (χ1v) is 5.95.